The zero-order valence-corrected chi connectivity index (χ0v) is 17.6. The number of carbonyl (C=O) groups is 1. The summed E-state index contributed by atoms with van der Waals surface area (Å²) < 4.78 is 39.8. The first-order valence-electron chi connectivity index (χ1n) is 9.91. The summed E-state index contributed by atoms with van der Waals surface area (Å²) in [4.78, 5) is 12.8. The minimum absolute atomic E-state index is 0.0513. The van der Waals surface area contributed by atoms with E-state index in [0.717, 1.165) is 23.2 Å². The predicted molar refractivity (Wildman–Crippen MR) is 113 cm³/mol. The van der Waals surface area contributed by atoms with Gasteiger partial charge in [0, 0.05) is 24.7 Å². The maximum Gasteiger partial charge on any atom is 0.227 e. The number of carbonyl (C=O) groups excluding carboxylic acids is 1. The Morgan fingerprint density at radius 3 is 2.41 bits per heavy atom. The Balaban J connectivity index is 1.60. The van der Waals surface area contributed by atoms with Gasteiger partial charge in [-0.25, -0.2) is 17.1 Å². The van der Waals surface area contributed by atoms with Crippen molar-refractivity contribution in [1.82, 2.24) is 4.31 Å². The third-order valence-corrected chi connectivity index (χ3v) is 7.32. The molecule has 1 saturated heterocycles. The molecular formula is C22H27FN2O3S. The van der Waals surface area contributed by atoms with E-state index in [1.54, 1.807) is 0 Å². The number of halogens is 1. The van der Waals surface area contributed by atoms with Crippen molar-refractivity contribution in [2.45, 2.75) is 38.9 Å². The van der Waals surface area contributed by atoms with Gasteiger partial charge in [-0.1, -0.05) is 37.3 Å². The van der Waals surface area contributed by atoms with E-state index in [-0.39, 0.29) is 17.6 Å². The molecule has 0 atom stereocenters. The summed E-state index contributed by atoms with van der Waals surface area (Å²) in [7, 11) is -3.50. The number of hydrogen-bond acceptors (Lipinski definition) is 3. The molecule has 0 radical (unpaired) electrons. The third kappa shape index (κ3) is 5.22. The molecule has 1 aliphatic rings. The number of sulfonamides is 1. The molecule has 0 unspecified atom stereocenters. The monoisotopic (exact) mass is 418 g/mol. The highest BCUT2D eigenvalue weighted by atomic mass is 32.2. The second-order valence-corrected chi connectivity index (χ2v) is 9.48. The molecule has 2 aromatic rings. The van der Waals surface area contributed by atoms with E-state index in [1.165, 1.54) is 28.6 Å². The summed E-state index contributed by atoms with van der Waals surface area (Å²) >= 11 is 0. The molecule has 1 aliphatic heterocycles. The maximum absolute atomic E-state index is 13.0. The Bertz CT molecular complexity index is 966. The first kappa shape index (κ1) is 21.5. The van der Waals surface area contributed by atoms with Gasteiger partial charge in [0.2, 0.25) is 15.9 Å². The molecule has 5 nitrogen and oxygen atoms in total. The smallest absolute Gasteiger partial charge is 0.227 e. The molecule has 1 fully saturated rings. The quantitative estimate of drug-likeness (QED) is 0.774. The lowest BCUT2D eigenvalue weighted by Crippen LogP contribution is -2.42. The standard InChI is InChI=1S/C22H27FN2O3S/c1-3-18-6-4-5-16(2)21(18)24-22(26)19-11-13-25(14-12-19)29(27,28)15-17-7-9-20(23)10-8-17/h4-10,19H,3,11-15H2,1-2H3,(H,24,26). The van der Waals surface area contributed by atoms with Crippen LogP contribution in [0.3, 0.4) is 0 Å². The number of nitrogens with one attached hydrogen (secondary N) is 1. The molecular weight excluding hydrogens is 391 g/mol. The topological polar surface area (TPSA) is 66.5 Å². The number of aryl methyl sites for hydroxylation is 2. The first-order valence-corrected chi connectivity index (χ1v) is 11.5. The summed E-state index contributed by atoms with van der Waals surface area (Å²) in [5, 5.41) is 3.06. The second kappa shape index (κ2) is 9.05. The van der Waals surface area contributed by atoms with Crippen molar-refractivity contribution in [3.05, 3.63) is 65.0 Å². The summed E-state index contributed by atoms with van der Waals surface area (Å²) in [5.41, 5.74) is 3.54. The van der Waals surface area contributed by atoms with Crippen LogP contribution in [0.5, 0.6) is 0 Å². The number of nitrogens with zero attached hydrogens (tertiary/aromatic N) is 1. The number of hydrogen-bond donors (Lipinski definition) is 1. The van der Waals surface area contributed by atoms with E-state index in [9.17, 15) is 17.6 Å². The van der Waals surface area contributed by atoms with Crippen LogP contribution in [0.2, 0.25) is 0 Å². The largest absolute Gasteiger partial charge is 0.325 e. The molecule has 0 saturated carbocycles. The van der Waals surface area contributed by atoms with E-state index in [1.807, 2.05) is 25.1 Å². The lowest BCUT2D eigenvalue weighted by Gasteiger charge is -2.31. The van der Waals surface area contributed by atoms with E-state index in [2.05, 4.69) is 12.2 Å². The SMILES string of the molecule is CCc1cccc(C)c1NC(=O)C1CCN(S(=O)(=O)Cc2ccc(F)cc2)CC1. The lowest BCUT2D eigenvalue weighted by molar-refractivity contribution is -0.120. The number of anilines is 1. The molecule has 0 bridgehead atoms. The number of para-hydroxylation sites is 1. The lowest BCUT2D eigenvalue weighted by atomic mass is 9.96. The molecule has 7 heteroatoms. The van der Waals surface area contributed by atoms with Gasteiger partial charge in [-0.15, -0.1) is 0 Å². The highest BCUT2D eigenvalue weighted by Gasteiger charge is 2.31. The molecule has 0 aliphatic carbocycles. The fourth-order valence-corrected chi connectivity index (χ4v) is 5.27. The zero-order valence-electron chi connectivity index (χ0n) is 16.8. The molecule has 29 heavy (non-hydrogen) atoms. The van der Waals surface area contributed by atoms with Gasteiger partial charge in [-0.3, -0.25) is 4.79 Å². The summed E-state index contributed by atoms with van der Waals surface area (Å²) in [6, 6.07) is 11.5. The molecule has 156 valence electrons. The number of benzene rings is 2. The van der Waals surface area contributed by atoms with E-state index in [4.69, 9.17) is 0 Å². The van der Waals surface area contributed by atoms with E-state index < -0.39 is 15.8 Å². The summed E-state index contributed by atoms with van der Waals surface area (Å²) in [5.74, 6) is -0.813. The van der Waals surface area contributed by atoms with Crippen molar-refractivity contribution in [1.29, 1.82) is 0 Å². The zero-order chi connectivity index (χ0) is 21.0. The van der Waals surface area contributed by atoms with Gasteiger partial charge in [-0.05, 0) is 55.0 Å². The van der Waals surface area contributed by atoms with Crippen LogP contribution in [0.25, 0.3) is 0 Å². The van der Waals surface area contributed by atoms with Crippen molar-refractivity contribution in [3.8, 4) is 0 Å². The van der Waals surface area contributed by atoms with Crippen molar-refractivity contribution < 1.29 is 17.6 Å². The van der Waals surface area contributed by atoms with Gasteiger partial charge in [0.25, 0.3) is 0 Å². The second-order valence-electron chi connectivity index (χ2n) is 7.51. The van der Waals surface area contributed by atoms with Gasteiger partial charge in [0.15, 0.2) is 0 Å². The van der Waals surface area contributed by atoms with Gasteiger partial charge in [-0.2, -0.15) is 0 Å². The van der Waals surface area contributed by atoms with Crippen LogP contribution in [-0.2, 0) is 27.0 Å². The number of amides is 1. The number of rotatable bonds is 6. The summed E-state index contributed by atoms with van der Waals surface area (Å²) in [6.07, 6.45) is 1.81. The van der Waals surface area contributed by atoms with Crippen LogP contribution in [-0.4, -0.2) is 31.7 Å². The van der Waals surface area contributed by atoms with Crippen LogP contribution in [0.4, 0.5) is 10.1 Å². The average Bonchev–Trinajstić information content (AvgIpc) is 2.71. The van der Waals surface area contributed by atoms with Crippen LogP contribution < -0.4 is 5.32 Å². The first-order chi connectivity index (χ1) is 13.8. The molecule has 3 rings (SSSR count). The van der Waals surface area contributed by atoms with Crippen molar-refractivity contribution in [3.63, 3.8) is 0 Å². The maximum atomic E-state index is 13.0. The molecule has 1 heterocycles. The Hall–Kier alpha value is -2.25. The minimum atomic E-state index is -3.50. The Morgan fingerprint density at radius 1 is 1.14 bits per heavy atom. The van der Waals surface area contributed by atoms with Crippen molar-refractivity contribution in [2.24, 2.45) is 5.92 Å². The Labute approximate surface area is 172 Å². The predicted octanol–water partition coefficient (Wildman–Crippen LogP) is 3.88. The number of piperidine rings is 1. The highest BCUT2D eigenvalue weighted by Crippen LogP contribution is 2.26. The molecule has 0 spiro atoms. The van der Waals surface area contributed by atoms with Crippen LogP contribution in [0, 0.1) is 18.7 Å². The van der Waals surface area contributed by atoms with E-state index in [0.29, 0.717) is 31.5 Å². The molecule has 0 aromatic heterocycles. The van der Waals surface area contributed by atoms with Crippen LogP contribution in [0.15, 0.2) is 42.5 Å². The minimum Gasteiger partial charge on any atom is -0.325 e. The Morgan fingerprint density at radius 2 is 1.79 bits per heavy atom. The van der Waals surface area contributed by atoms with Crippen LogP contribution in [0.1, 0.15) is 36.5 Å². The van der Waals surface area contributed by atoms with Gasteiger partial charge < -0.3 is 5.32 Å². The highest BCUT2D eigenvalue weighted by molar-refractivity contribution is 7.88. The van der Waals surface area contributed by atoms with E-state index >= 15 is 0 Å². The van der Waals surface area contributed by atoms with Crippen molar-refractivity contribution in [2.75, 3.05) is 18.4 Å². The van der Waals surface area contributed by atoms with Gasteiger partial charge >= 0.3 is 0 Å². The summed E-state index contributed by atoms with van der Waals surface area (Å²) in [6.45, 7) is 4.65. The van der Waals surface area contributed by atoms with Crippen molar-refractivity contribution >= 4 is 21.6 Å². The normalized spacial score (nSPS) is 16.0. The van der Waals surface area contributed by atoms with Crippen LogP contribution >= 0.6 is 0 Å². The Kier molecular flexibility index (Phi) is 6.70. The van der Waals surface area contributed by atoms with Gasteiger partial charge in [0.1, 0.15) is 5.82 Å². The van der Waals surface area contributed by atoms with Gasteiger partial charge in [0.05, 0.1) is 5.75 Å². The molecule has 1 amide bonds. The third-order valence-electron chi connectivity index (χ3n) is 5.47. The molecule has 1 N–H and O–H groups in total. The molecule has 2 aromatic carbocycles. The average molecular weight is 419 g/mol. The fraction of sp³-hybridized carbons (Fsp3) is 0.409. The fourth-order valence-electron chi connectivity index (χ4n) is 3.71.